The fraction of sp³-hybridized carbons (Fsp3) is 0.750. The first-order valence-corrected chi connectivity index (χ1v) is 2.81. The summed E-state index contributed by atoms with van der Waals surface area (Å²) in [5.74, 6) is 0. The Morgan fingerprint density at radius 3 is 2.50 bits per heavy atom. The molecule has 0 nitrogen and oxygen atoms in total. The molecular formula is C4H7ClS. The molecule has 0 N–H and O–H groups in total. The van der Waals surface area contributed by atoms with E-state index in [4.69, 9.17) is 11.6 Å². The zero-order chi connectivity index (χ0) is 4.99. The summed E-state index contributed by atoms with van der Waals surface area (Å²) < 4.78 is 0. The molecule has 36 valence electrons. The minimum atomic E-state index is 0.0972. The third-order valence-corrected chi connectivity index (χ3v) is 1.45. The van der Waals surface area contributed by atoms with Gasteiger partial charge in [-0.15, -0.1) is 11.6 Å². The van der Waals surface area contributed by atoms with Crippen LogP contribution in [0.2, 0.25) is 0 Å². The van der Waals surface area contributed by atoms with Gasteiger partial charge in [0.05, 0.1) is 5.38 Å². The Bertz CT molecular complexity index is 44.8. The summed E-state index contributed by atoms with van der Waals surface area (Å²) in [5.41, 5.74) is 0. The summed E-state index contributed by atoms with van der Waals surface area (Å²) >= 11 is 10.0. The Hall–Kier alpha value is 0.380. The van der Waals surface area contributed by atoms with Gasteiger partial charge < -0.3 is 0 Å². The fourth-order valence-corrected chi connectivity index (χ4v) is 0.289. The minimum Gasteiger partial charge on any atom is -0.118 e. The smallest absolute Gasteiger partial charge is 0.0615 e. The molecule has 0 aliphatic heterocycles. The number of thiocarbonyl (C=S) groups is 1. The molecule has 0 aliphatic rings. The van der Waals surface area contributed by atoms with E-state index in [0.29, 0.717) is 0 Å². The van der Waals surface area contributed by atoms with Crippen molar-refractivity contribution in [1.82, 2.24) is 0 Å². The Balaban J connectivity index is 2.96. The molecule has 0 aromatic rings. The average Bonchev–Trinajstić information content (AvgIpc) is 1.65. The van der Waals surface area contributed by atoms with Crippen LogP contribution in [0.4, 0.5) is 0 Å². The van der Waals surface area contributed by atoms with E-state index in [1.807, 2.05) is 6.92 Å². The first kappa shape index (κ1) is 6.38. The standard InChI is InChI=1S/C4H7ClS/c1-2-4(5)3-6/h3-4H,2H2,1H3. The highest BCUT2D eigenvalue weighted by molar-refractivity contribution is 7.79. The van der Waals surface area contributed by atoms with Gasteiger partial charge in [0.15, 0.2) is 0 Å². The van der Waals surface area contributed by atoms with Crippen molar-refractivity contribution < 1.29 is 0 Å². The van der Waals surface area contributed by atoms with Gasteiger partial charge in [-0.25, -0.2) is 0 Å². The van der Waals surface area contributed by atoms with Crippen LogP contribution < -0.4 is 0 Å². The summed E-state index contributed by atoms with van der Waals surface area (Å²) in [4.78, 5) is 0. The molecule has 0 aromatic heterocycles. The monoisotopic (exact) mass is 122 g/mol. The first-order chi connectivity index (χ1) is 2.81. The van der Waals surface area contributed by atoms with Gasteiger partial charge in [0.25, 0.3) is 0 Å². The molecule has 2 heteroatoms. The molecule has 0 amide bonds. The zero-order valence-corrected chi connectivity index (χ0v) is 5.22. The van der Waals surface area contributed by atoms with E-state index < -0.39 is 0 Å². The summed E-state index contributed by atoms with van der Waals surface area (Å²) in [5, 5.41) is 1.67. The van der Waals surface area contributed by atoms with Gasteiger partial charge in [-0.1, -0.05) is 19.1 Å². The maximum absolute atomic E-state index is 5.49. The van der Waals surface area contributed by atoms with Crippen molar-refractivity contribution in [2.24, 2.45) is 0 Å². The van der Waals surface area contributed by atoms with Crippen molar-refractivity contribution in [3.8, 4) is 0 Å². The SMILES string of the molecule is CCC(Cl)C=S. The van der Waals surface area contributed by atoms with Gasteiger partial charge in [0.2, 0.25) is 0 Å². The summed E-state index contributed by atoms with van der Waals surface area (Å²) in [7, 11) is 0. The molecule has 0 spiro atoms. The van der Waals surface area contributed by atoms with Crippen molar-refractivity contribution >= 4 is 29.2 Å². The molecule has 1 atom stereocenters. The van der Waals surface area contributed by atoms with Crippen LogP contribution >= 0.6 is 23.8 Å². The van der Waals surface area contributed by atoms with Gasteiger partial charge in [-0.2, -0.15) is 0 Å². The Kier molecular flexibility index (Phi) is 3.79. The zero-order valence-electron chi connectivity index (χ0n) is 3.65. The molecule has 0 fully saturated rings. The Labute approximate surface area is 48.5 Å². The van der Waals surface area contributed by atoms with E-state index in [1.165, 1.54) is 0 Å². The van der Waals surface area contributed by atoms with Gasteiger partial charge in [0.1, 0.15) is 0 Å². The second-order valence-corrected chi connectivity index (χ2v) is 1.89. The van der Waals surface area contributed by atoms with Crippen LogP contribution in [0.5, 0.6) is 0 Å². The fourth-order valence-electron chi connectivity index (χ4n) is 0.0962. The predicted molar refractivity (Wildman–Crippen MR) is 33.6 cm³/mol. The Morgan fingerprint density at radius 2 is 2.50 bits per heavy atom. The topological polar surface area (TPSA) is 0 Å². The average molecular weight is 123 g/mol. The molecular weight excluding hydrogens is 116 g/mol. The minimum absolute atomic E-state index is 0.0972. The van der Waals surface area contributed by atoms with Crippen molar-refractivity contribution in [3.05, 3.63) is 0 Å². The number of alkyl halides is 1. The summed E-state index contributed by atoms with van der Waals surface area (Å²) in [6.45, 7) is 2.00. The normalized spacial score (nSPS) is 13.7. The summed E-state index contributed by atoms with van der Waals surface area (Å²) in [6, 6.07) is 0. The maximum Gasteiger partial charge on any atom is 0.0615 e. The van der Waals surface area contributed by atoms with Crippen LogP contribution in [-0.4, -0.2) is 10.7 Å². The lowest BCUT2D eigenvalue weighted by Gasteiger charge is -1.89. The molecule has 0 saturated heterocycles. The molecule has 0 rings (SSSR count). The molecule has 0 saturated carbocycles. The lowest BCUT2D eigenvalue weighted by Crippen LogP contribution is -1.92. The quantitative estimate of drug-likeness (QED) is 0.399. The third kappa shape index (κ3) is 2.61. The number of hydrogen-bond acceptors (Lipinski definition) is 1. The van der Waals surface area contributed by atoms with Crippen LogP contribution in [0.25, 0.3) is 0 Å². The van der Waals surface area contributed by atoms with Crippen LogP contribution in [-0.2, 0) is 0 Å². The van der Waals surface area contributed by atoms with Gasteiger partial charge in [0, 0.05) is 0 Å². The van der Waals surface area contributed by atoms with Crippen LogP contribution in [0.1, 0.15) is 13.3 Å². The number of hydrogen-bond donors (Lipinski definition) is 0. The summed E-state index contributed by atoms with van der Waals surface area (Å²) in [6.07, 6.45) is 0.936. The van der Waals surface area contributed by atoms with E-state index in [1.54, 1.807) is 5.37 Å². The van der Waals surface area contributed by atoms with E-state index in [2.05, 4.69) is 12.2 Å². The highest BCUT2D eigenvalue weighted by Gasteiger charge is 1.89. The number of rotatable bonds is 2. The molecule has 0 radical (unpaired) electrons. The first-order valence-electron chi connectivity index (χ1n) is 1.90. The van der Waals surface area contributed by atoms with E-state index in [-0.39, 0.29) is 5.38 Å². The lowest BCUT2D eigenvalue weighted by atomic mass is 10.4. The second kappa shape index (κ2) is 3.57. The third-order valence-electron chi connectivity index (χ3n) is 0.538. The van der Waals surface area contributed by atoms with Crippen molar-refractivity contribution in [2.75, 3.05) is 0 Å². The molecule has 0 aromatic carbocycles. The van der Waals surface area contributed by atoms with E-state index in [0.717, 1.165) is 6.42 Å². The predicted octanol–water partition coefficient (Wildman–Crippen LogP) is 2.00. The second-order valence-electron chi connectivity index (χ2n) is 1.06. The highest BCUT2D eigenvalue weighted by atomic mass is 35.5. The van der Waals surface area contributed by atoms with Gasteiger partial charge >= 0.3 is 0 Å². The maximum atomic E-state index is 5.49. The van der Waals surface area contributed by atoms with Crippen molar-refractivity contribution in [2.45, 2.75) is 18.7 Å². The molecule has 0 aliphatic carbocycles. The van der Waals surface area contributed by atoms with Crippen LogP contribution in [0.15, 0.2) is 0 Å². The molecule has 6 heavy (non-hydrogen) atoms. The molecule has 1 unspecified atom stereocenters. The van der Waals surface area contributed by atoms with Gasteiger partial charge in [-0.05, 0) is 11.8 Å². The lowest BCUT2D eigenvalue weighted by molar-refractivity contribution is 1.02. The van der Waals surface area contributed by atoms with E-state index in [9.17, 15) is 0 Å². The van der Waals surface area contributed by atoms with Crippen molar-refractivity contribution in [1.29, 1.82) is 0 Å². The van der Waals surface area contributed by atoms with Gasteiger partial charge in [-0.3, -0.25) is 0 Å². The molecule has 0 bridgehead atoms. The largest absolute Gasteiger partial charge is 0.118 e. The van der Waals surface area contributed by atoms with E-state index >= 15 is 0 Å². The van der Waals surface area contributed by atoms with Crippen LogP contribution in [0.3, 0.4) is 0 Å². The van der Waals surface area contributed by atoms with Crippen LogP contribution in [0, 0.1) is 0 Å². The molecule has 0 heterocycles. The number of halogens is 1. The van der Waals surface area contributed by atoms with Crippen molar-refractivity contribution in [3.63, 3.8) is 0 Å². The Morgan fingerprint density at radius 1 is 2.00 bits per heavy atom. The highest BCUT2D eigenvalue weighted by Crippen LogP contribution is 1.95.